The molecule has 7 heteroatoms. The Balaban J connectivity index is 2.06. The molecular formula is C27H31NO6. The minimum atomic E-state index is -0.538. The number of methoxy groups -OCH3 is 1. The molecule has 180 valence electrons. The molecule has 7 nitrogen and oxygen atoms in total. The summed E-state index contributed by atoms with van der Waals surface area (Å²) in [5.41, 5.74) is 2.35. The van der Waals surface area contributed by atoms with Crippen molar-refractivity contribution < 1.29 is 28.5 Å². The maximum Gasteiger partial charge on any atom is 0.340 e. The lowest BCUT2D eigenvalue weighted by Gasteiger charge is -2.18. The Morgan fingerprint density at radius 2 is 1.71 bits per heavy atom. The number of nitrogens with zero attached hydrogens (tertiary/aromatic N) is 1. The van der Waals surface area contributed by atoms with Crippen molar-refractivity contribution >= 4 is 23.6 Å². The second-order valence-electron chi connectivity index (χ2n) is 7.57. The van der Waals surface area contributed by atoms with E-state index in [2.05, 4.69) is 0 Å². The zero-order valence-corrected chi connectivity index (χ0v) is 20.3. The molecule has 1 amide bonds. The number of hydrogen-bond donors (Lipinski definition) is 0. The van der Waals surface area contributed by atoms with E-state index >= 15 is 0 Å². The van der Waals surface area contributed by atoms with Gasteiger partial charge >= 0.3 is 5.97 Å². The summed E-state index contributed by atoms with van der Waals surface area (Å²) >= 11 is 0. The summed E-state index contributed by atoms with van der Waals surface area (Å²) in [5.74, 6) is 1.05. The normalized spacial score (nSPS) is 14.6. The van der Waals surface area contributed by atoms with Crippen LogP contribution in [0, 0.1) is 0 Å². The van der Waals surface area contributed by atoms with Crippen LogP contribution in [-0.2, 0) is 14.3 Å². The van der Waals surface area contributed by atoms with Crippen LogP contribution in [0.2, 0.25) is 0 Å². The number of carbonyl (C=O) groups excluding carboxylic acids is 2. The first-order valence-electron chi connectivity index (χ1n) is 11.4. The topological polar surface area (TPSA) is 74.3 Å². The first-order chi connectivity index (χ1) is 16.4. The standard InChI is InChI=1S/C27H31NO6/c1-6-15-34-23-14-9-19(17-24(23)32-7-2)16-22-25(27(30)33-8-3)18(4)28(26(22)29)20-10-12-21(31-5)13-11-20/h9-14,16-17H,6-8,15H2,1-5H3. The van der Waals surface area contributed by atoms with Crippen LogP contribution in [0.3, 0.4) is 0 Å². The van der Waals surface area contributed by atoms with Gasteiger partial charge in [0.25, 0.3) is 5.91 Å². The molecule has 0 aromatic heterocycles. The maximum absolute atomic E-state index is 13.5. The molecule has 0 saturated carbocycles. The summed E-state index contributed by atoms with van der Waals surface area (Å²) in [6.07, 6.45) is 2.56. The van der Waals surface area contributed by atoms with Crippen molar-refractivity contribution in [1.29, 1.82) is 0 Å². The van der Waals surface area contributed by atoms with E-state index in [4.69, 9.17) is 18.9 Å². The summed E-state index contributed by atoms with van der Waals surface area (Å²) in [4.78, 5) is 27.9. The van der Waals surface area contributed by atoms with Gasteiger partial charge in [0.2, 0.25) is 0 Å². The molecule has 1 aliphatic rings. The number of rotatable bonds is 10. The summed E-state index contributed by atoms with van der Waals surface area (Å²) in [6, 6.07) is 12.5. The van der Waals surface area contributed by atoms with E-state index in [1.165, 1.54) is 4.90 Å². The number of hydrogen-bond acceptors (Lipinski definition) is 6. The molecule has 0 saturated heterocycles. The van der Waals surface area contributed by atoms with Crippen molar-refractivity contribution in [2.75, 3.05) is 31.8 Å². The second kappa shape index (κ2) is 11.4. The van der Waals surface area contributed by atoms with Crippen molar-refractivity contribution in [2.45, 2.75) is 34.1 Å². The number of anilines is 1. The lowest BCUT2D eigenvalue weighted by Crippen LogP contribution is -2.24. The van der Waals surface area contributed by atoms with Crippen LogP contribution in [0.4, 0.5) is 5.69 Å². The van der Waals surface area contributed by atoms with E-state index in [1.54, 1.807) is 51.3 Å². The van der Waals surface area contributed by atoms with Crippen LogP contribution < -0.4 is 19.1 Å². The quantitative estimate of drug-likeness (QED) is 0.357. The monoisotopic (exact) mass is 465 g/mol. The van der Waals surface area contributed by atoms with Crippen molar-refractivity contribution in [3.8, 4) is 17.2 Å². The number of allylic oxidation sites excluding steroid dienone is 1. The number of ether oxygens (including phenoxy) is 4. The third kappa shape index (κ3) is 5.25. The zero-order chi connectivity index (χ0) is 24.7. The Bertz CT molecular complexity index is 1100. The first-order valence-corrected chi connectivity index (χ1v) is 11.4. The average molecular weight is 466 g/mol. The van der Waals surface area contributed by atoms with Gasteiger partial charge in [-0.05, 0) is 75.2 Å². The highest BCUT2D eigenvalue weighted by atomic mass is 16.5. The molecule has 0 unspecified atom stereocenters. The fraction of sp³-hybridized carbons (Fsp3) is 0.333. The predicted molar refractivity (Wildman–Crippen MR) is 131 cm³/mol. The summed E-state index contributed by atoms with van der Waals surface area (Å²) < 4.78 is 22.0. The van der Waals surface area contributed by atoms with E-state index in [0.29, 0.717) is 47.4 Å². The second-order valence-corrected chi connectivity index (χ2v) is 7.57. The molecule has 1 heterocycles. The van der Waals surface area contributed by atoms with Gasteiger partial charge in [0.05, 0.1) is 38.1 Å². The maximum atomic E-state index is 13.5. The molecule has 0 aliphatic carbocycles. The van der Waals surface area contributed by atoms with Gasteiger partial charge in [-0.15, -0.1) is 0 Å². The lowest BCUT2D eigenvalue weighted by molar-refractivity contribution is -0.138. The van der Waals surface area contributed by atoms with Crippen molar-refractivity contribution in [3.63, 3.8) is 0 Å². The highest BCUT2D eigenvalue weighted by Crippen LogP contribution is 2.37. The van der Waals surface area contributed by atoms with Crippen molar-refractivity contribution in [2.24, 2.45) is 0 Å². The molecule has 0 spiro atoms. The molecular weight excluding hydrogens is 434 g/mol. The summed E-state index contributed by atoms with van der Waals surface area (Å²) in [7, 11) is 1.58. The Morgan fingerprint density at radius 3 is 2.32 bits per heavy atom. The fourth-order valence-corrected chi connectivity index (χ4v) is 3.70. The van der Waals surface area contributed by atoms with Crippen molar-refractivity contribution in [1.82, 2.24) is 0 Å². The number of amides is 1. The van der Waals surface area contributed by atoms with Crippen LogP contribution in [0.5, 0.6) is 17.2 Å². The highest BCUT2D eigenvalue weighted by molar-refractivity contribution is 6.23. The minimum absolute atomic E-state index is 0.206. The van der Waals surface area contributed by atoms with E-state index in [1.807, 2.05) is 32.0 Å². The molecule has 0 bridgehead atoms. The Hall–Kier alpha value is -3.74. The van der Waals surface area contributed by atoms with Gasteiger partial charge in [-0.25, -0.2) is 4.79 Å². The Kier molecular flexibility index (Phi) is 8.35. The third-order valence-electron chi connectivity index (χ3n) is 5.25. The van der Waals surface area contributed by atoms with Crippen LogP contribution in [0.25, 0.3) is 6.08 Å². The molecule has 0 atom stereocenters. The van der Waals surface area contributed by atoms with E-state index in [9.17, 15) is 9.59 Å². The van der Waals surface area contributed by atoms with Gasteiger partial charge in [0, 0.05) is 11.4 Å². The molecule has 34 heavy (non-hydrogen) atoms. The van der Waals surface area contributed by atoms with Crippen LogP contribution in [0.15, 0.2) is 59.3 Å². The average Bonchev–Trinajstić information content (AvgIpc) is 3.08. The smallest absolute Gasteiger partial charge is 0.340 e. The summed E-state index contributed by atoms with van der Waals surface area (Å²) in [6.45, 7) is 8.65. The van der Waals surface area contributed by atoms with Gasteiger partial charge < -0.3 is 18.9 Å². The first kappa shape index (κ1) is 24.9. The molecule has 1 aliphatic heterocycles. The van der Waals surface area contributed by atoms with E-state index < -0.39 is 5.97 Å². The van der Waals surface area contributed by atoms with E-state index in [0.717, 1.165) is 6.42 Å². The van der Waals surface area contributed by atoms with Crippen LogP contribution >= 0.6 is 0 Å². The third-order valence-corrected chi connectivity index (χ3v) is 5.25. The van der Waals surface area contributed by atoms with Gasteiger partial charge in [-0.2, -0.15) is 0 Å². The Morgan fingerprint density at radius 1 is 0.971 bits per heavy atom. The molecule has 3 rings (SSSR count). The Labute approximate surface area is 200 Å². The SMILES string of the molecule is CCCOc1ccc(C=C2C(=O)N(c3ccc(OC)cc3)C(C)=C2C(=O)OCC)cc1OCC. The van der Waals surface area contributed by atoms with Crippen LogP contribution in [0.1, 0.15) is 39.7 Å². The number of esters is 1. The lowest BCUT2D eigenvalue weighted by atomic mass is 10.0. The van der Waals surface area contributed by atoms with E-state index in [-0.39, 0.29) is 23.7 Å². The van der Waals surface area contributed by atoms with Gasteiger partial charge in [0.1, 0.15) is 5.75 Å². The highest BCUT2D eigenvalue weighted by Gasteiger charge is 2.38. The largest absolute Gasteiger partial charge is 0.497 e. The molecule has 0 N–H and O–H groups in total. The van der Waals surface area contributed by atoms with Crippen LogP contribution in [-0.4, -0.2) is 38.8 Å². The molecule has 2 aromatic carbocycles. The molecule has 0 radical (unpaired) electrons. The zero-order valence-electron chi connectivity index (χ0n) is 20.3. The molecule has 0 fully saturated rings. The molecule has 2 aromatic rings. The van der Waals surface area contributed by atoms with Crippen molar-refractivity contribution in [3.05, 3.63) is 64.9 Å². The number of benzene rings is 2. The number of carbonyl (C=O) groups is 2. The van der Waals surface area contributed by atoms with Gasteiger partial charge in [-0.1, -0.05) is 13.0 Å². The predicted octanol–water partition coefficient (Wildman–Crippen LogP) is 5.15. The van der Waals surface area contributed by atoms with Gasteiger partial charge in [0.15, 0.2) is 11.5 Å². The summed E-state index contributed by atoms with van der Waals surface area (Å²) in [5, 5.41) is 0. The minimum Gasteiger partial charge on any atom is -0.497 e. The fourth-order valence-electron chi connectivity index (χ4n) is 3.70. The van der Waals surface area contributed by atoms with Gasteiger partial charge in [-0.3, -0.25) is 9.69 Å².